The molecule has 146 valence electrons. The van der Waals surface area contributed by atoms with Crippen LogP contribution in [0, 0.1) is 0 Å². The quantitative estimate of drug-likeness (QED) is 0.691. The van der Waals surface area contributed by atoms with Crippen molar-refractivity contribution in [2.75, 3.05) is 13.1 Å². The van der Waals surface area contributed by atoms with Crippen LogP contribution in [0.4, 0.5) is 0 Å². The van der Waals surface area contributed by atoms with E-state index < -0.39 is 10.0 Å². The van der Waals surface area contributed by atoms with Crippen molar-refractivity contribution in [2.45, 2.75) is 30.7 Å². The number of hydrogen-bond donors (Lipinski definition) is 2. The highest BCUT2D eigenvalue weighted by Gasteiger charge is 2.32. The fraction of sp³-hybridized carbons (Fsp3) is 0.300. The number of nitrogens with one attached hydrogen (secondary N) is 2. The predicted molar refractivity (Wildman–Crippen MR) is 106 cm³/mol. The van der Waals surface area contributed by atoms with Gasteiger partial charge in [-0.2, -0.15) is 0 Å². The molecule has 1 aromatic heterocycles. The molecule has 0 bridgehead atoms. The molecule has 1 aliphatic heterocycles. The van der Waals surface area contributed by atoms with E-state index >= 15 is 0 Å². The van der Waals surface area contributed by atoms with E-state index in [1.165, 1.54) is 12.1 Å². The van der Waals surface area contributed by atoms with E-state index in [-0.39, 0.29) is 16.8 Å². The Labute approximate surface area is 163 Å². The molecule has 1 amide bonds. The molecule has 1 atom stereocenters. The van der Waals surface area contributed by atoms with Crippen LogP contribution in [-0.4, -0.2) is 42.3 Å². The Hall–Kier alpha value is -2.71. The van der Waals surface area contributed by atoms with Crippen molar-refractivity contribution >= 4 is 27.0 Å². The van der Waals surface area contributed by atoms with Crippen LogP contribution in [0.25, 0.3) is 11.0 Å². The molecule has 8 heteroatoms. The molecule has 2 aromatic carbocycles. The molecule has 1 fully saturated rings. The van der Waals surface area contributed by atoms with E-state index in [0.717, 1.165) is 29.7 Å². The standard InChI is InChI=1S/C20H22N4O3S/c1-2-21-28(26,27)15-11-9-14(10-12-15)20(25)24-13-5-8-18(24)19-22-16-6-3-4-7-17(16)23-19/h3-4,6-7,9-12,18,21H,2,5,8,13H2,1H3,(H,22,23)/t18-/m0/s1. The number of aromatic amines is 1. The van der Waals surface area contributed by atoms with E-state index in [9.17, 15) is 13.2 Å². The summed E-state index contributed by atoms with van der Waals surface area (Å²) >= 11 is 0. The minimum Gasteiger partial charge on any atom is -0.340 e. The second-order valence-electron chi connectivity index (χ2n) is 6.82. The van der Waals surface area contributed by atoms with Gasteiger partial charge in [0.15, 0.2) is 0 Å². The summed E-state index contributed by atoms with van der Waals surface area (Å²) in [5.41, 5.74) is 2.31. The monoisotopic (exact) mass is 398 g/mol. The van der Waals surface area contributed by atoms with Crippen LogP contribution >= 0.6 is 0 Å². The van der Waals surface area contributed by atoms with Gasteiger partial charge in [0.25, 0.3) is 5.91 Å². The highest BCUT2D eigenvalue weighted by atomic mass is 32.2. The Morgan fingerprint density at radius 1 is 1.21 bits per heavy atom. The van der Waals surface area contributed by atoms with Gasteiger partial charge in [-0.15, -0.1) is 0 Å². The average Bonchev–Trinajstić information content (AvgIpc) is 3.34. The normalized spacial score (nSPS) is 17.3. The van der Waals surface area contributed by atoms with Gasteiger partial charge < -0.3 is 9.88 Å². The summed E-state index contributed by atoms with van der Waals surface area (Å²) in [5.74, 6) is 0.675. The van der Waals surface area contributed by atoms with Crippen molar-refractivity contribution in [2.24, 2.45) is 0 Å². The molecule has 2 N–H and O–H groups in total. The SMILES string of the molecule is CCNS(=O)(=O)c1ccc(C(=O)N2CCC[C@H]2c2nc3ccccc3[nH]2)cc1. The largest absolute Gasteiger partial charge is 0.340 e. The van der Waals surface area contributed by atoms with E-state index in [4.69, 9.17) is 0 Å². The number of hydrogen-bond acceptors (Lipinski definition) is 4. The molecule has 0 radical (unpaired) electrons. The first-order valence-electron chi connectivity index (χ1n) is 9.35. The second-order valence-corrected chi connectivity index (χ2v) is 8.59. The fourth-order valence-electron chi connectivity index (χ4n) is 3.64. The van der Waals surface area contributed by atoms with E-state index in [0.29, 0.717) is 18.7 Å². The molecule has 4 rings (SSSR count). The van der Waals surface area contributed by atoms with Gasteiger partial charge in [-0.05, 0) is 49.2 Å². The molecule has 1 saturated heterocycles. The summed E-state index contributed by atoms with van der Waals surface area (Å²) in [6.45, 7) is 2.69. The third-order valence-electron chi connectivity index (χ3n) is 4.98. The lowest BCUT2D eigenvalue weighted by Crippen LogP contribution is -2.31. The van der Waals surface area contributed by atoms with Gasteiger partial charge in [0.1, 0.15) is 5.82 Å². The molecule has 28 heavy (non-hydrogen) atoms. The zero-order valence-electron chi connectivity index (χ0n) is 15.6. The maximum atomic E-state index is 13.1. The van der Waals surface area contributed by atoms with Gasteiger partial charge in [0.2, 0.25) is 10.0 Å². The number of benzene rings is 2. The summed E-state index contributed by atoms with van der Waals surface area (Å²) in [4.78, 5) is 23.0. The van der Waals surface area contributed by atoms with Crippen LogP contribution in [0.2, 0.25) is 0 Å². The Morgan fingerprint density at radius 3 is 2.68 bits per heavy atom. The summed E-state index contributed by atoms with van der Waals surface area (Å²) in [7, 11) is -3.53. The Morgan fingerprint density at radius 2 is 1.96 bits per heavy atom. The number of rotatable bonds is 5. The van der Waals surface area contributed by atoms with E-state index in [2.05, 4.69) is 14.7 Å². The topological polar surface area (TPSA) is 95.2 Å². The number of imidazole rings is 1. The van der Waals surface area contributed by atoms with Crippen molar-refractivity contribution < 1.29 is 13.2 Å². The summed E-state index contributed by atoms with van der Waals surface area (Å²) in [6, 6.07) is 13.8. The highest BCUT2D eigenvalue weighted by Crippen LogP contribution is 2.32. The maximum Gasteiger partial charge on any atom is 0.254 e. The van der Waals surface area contributed by atoms with Crippen molar-refractivity contribution in [3.05, 3.63) is 59.9 Å². The predicted octanol–water partition coefficient (Wildman–Crippen LogP) is 2.84. The van der Waals surface area contributed by atoms with Gasteiger partial charge in [-0.3, -0.25) is 4.79 Å². The zero-order valence-corrected chi connectivity index (χ0v) is 16.4. The van der Waals surface area contributed by atoms with Crippen LogP contribution in [-0.2, 0) is 10.0 Å². The first-order valence-corrected chi connectivity index (χ1v) is 10.8. The van der Waals surface area contributed by atoms with Gasteiger partial charge in [-0.1, -0.05) is 19.1 Å². The lowest BCUT2D eigenvalue weighted by Gasteiger charge is -2.23. The molecule has 3 aromatic rings. The van der Waals surface area contributed by atoms with Crippen molar-refractivity contribution in [3.63, 3.8) is 0 Å². The first-order chi connectivity index (χ1) is 13.5. The molecule has 0 saturated carbocycles. The zero-order chi connectivity index (χ0) is 19.7. The van der Waals surface area contributed by atoms with Gasteiger partial charge in [0.05, 0.1) is 22.0 Å². The highest BCUT2D eigenvalue weighted by molar-refractivity contribution is 7.89. The summed E-state index contributed by atoms with van der Waals surface area (Å²) in [5, 5.41) is 0. The number of para-hydroxylation sites is 2. The molecule has 0 spiro atoms. The Bertz CT molecular complexity index is 1070. The second kappa shape index (κ2) is 7.37. The number of aromatic nitrogens is 2. The van der Waals surface area contributed by atoms with E-state index in [1.54, 1.807) is 19.1 Å². The summed E-state index contributed by atoms with van der Waals surface area (Å²) in [6.07, 6.45) is 1.75. The minimum absolute atomic E-state index is 0.106. The number of sulfonamides is 1. The smallest absolute Gasteiger partial charge is 0.254 e. The van der Waals surface area contributed by atoms with Gasteiger partial charge in [0, 0.05) is 18.7 Å². The number of fused-ring (bicyclic) bond motifs is 1. The van der Waals surface area contributed by atoms with E-state index in [1.807, 2.05) is 29.2 Å². The third kappa shape index (κ3) is 3.41. The number of likely N-dealkylation sites (tertiary alicyclic amines) is 1. The number of carbonyl (C=O) groups excluding carboxylic acids is 1. The van der Waals surface area contributed by atoms with Crippen LogP contribution in [0.5, 0.6) is 0 Å². The average molecular weight is 398 g/mol. The Kier molecular flexibility index (Phi) is 4.91. The molecular weight excluding hydrogens is 376 g/mol. The van der Waals surface area contributed by atoms with Crippen molar-refractivity contribution in [1.82, 2.24) is 19.6 Å². The van der Waals surface area contributed by atoms with Crippen molar-refractivity contribution in [1.29, 1.82) is 0 Å². The first kappa shape index (κ1) is 18.6. The lowest BCUT2D eigenvalue weighted by molar-refractivity contribution is 0.0730. The van der Waals surface area contributed by atoms with Crippen LogP contribution in [0.3, 0.4) is 0 Å². The van der Waals surface area contributed by atoms with Gasteiger partial charge in [-0.25, -0.2) is 18.1 Å². The molecule has 0 unspecified atom stereocenters. The van der Waals surface area contributed by atoms with Crippen LogP contribution in [0.15, 0.2) is 53.4 Å². The van der Waals surface area contributed by atoms with Crippen LogP contribution < -0.4 is 4.72 Å². The maximum absolute atomic E-state index is 13.1. The summed E-state index contributed by atoms with van der Waals surface area (Å²) < 4.78 is 26.6. The molecule has 1 aliphatic rings. The number of amides is 1. The third-order valence-corrected chi connectivity index (χ3v) is 6.54. The number of H-pyrrole nitrogens is 1. The molecule has 0 aliphatic carbocycles. The molecule has 7 nitrogen and oxygen atoms in total. The fourth-order valence-corrected chi connectivity index (χ4v) is 4.68. The van der Waals surface area contributed by atoms with Crippen LogP contribution in [0.1, 0.15) is 42.0 Å². The minimum atomic E-state index is -3.53. The number of carbonyl (C=O) groups is 1. The van der Waals surface area contributed by atoms with Crippen molar-refractivity contribution in [3.8, 4) is 0 Å². The lowest BCUT2D eigenvalue weighted by atomic mass is 10.1. The number of nitrogens with zero attached hydrogens (tertiary/aromatic N) is 2. The molecular formula is C20H22N4O3S. The van der Waals surface area contributed by atoms with Gasteiger partial charge >= 0.3 is 0 Å². The Balaban J connectivity index is 1.58. The molecule has 2 heterocycles.